The van der Waals surface area contributed by atoms with E-state index in [4.69, 9.17) is 4.74 Å². The summed E-state index contributed by atoms with van der Waals surface area (Å²) in [5, 5.41) is 2.90. The Labute approximate surface area is 159 Å². The lowest BCUT2D eigenvalue weighted by Gasteiger charge is -2.11. The van der Waals surface area contributed by atoms with Crippen molar-refractivity contribution in [3.8, 4) is 22.8 Å². The first-order chi connectivity index (χ1) is 13.7. The summed E-state index contributed by atoms with van der Waals surface area (Å²) in [4.78, 5) is 11.8. The molecule has 0 aliphatic heterocycles. The predicted molar refractivity (Wildman–Crippen MR) is 101 cm³/mol. The average Bonchev–Trinajstić information content (AvgIpc) is 2.72. The van der Waals surface area contributed by atoms with Gasteiger partial charge in [0.25, 0.3) is 0 Å². The highest BCUT2D eigenvalue weighted by Gasteiger charge is 2.10. The van der Waals surface area contributed by atoms with Crippen LogP contribution in [0.25, 0.3) is 11.1 Å². The lowest BCUT2D eigenvalue weighted by Crippen LogP contribution is -1.96. The molecule has 4 aromatic rings. The molecule has 0 aliphatic rings. The van der Waals surface area contributed by atoms with E-state index in [9.17, 15) is 8.78 Å². The van der Waals surface area contributed by atoms with Crippen molar-refractivity contribution < 1.29 is 13.5 Å². The Bertz CT molecular complexity index is 1100. The van der Waals surface area contributed by atoms with Crippen LogP contribution in [0.5, 0.6) is 11.6 Å². The predicted octanol–water partition coefficient (Wildman–Crippen LogP) is 5.35. The van der Waals surface area contributed by atoms with Gasteiger partial charge in [0.05, 0.1) is 0 Å². The van der Waals surface area contributed by atoms with E-state index in [2.05, 4.69) is 20.3 Å². The summed E-state index contributed by atoms with van der Waals surface area (Å²) < 4.78 is 33.0. The second-order valence-corrected chi connectivity index (χ2v) is 5.81. The molecule has 0 atom stereocenters. The average molecular weight is 376 g/mol. The van der Waals surface area contributed by atoms with Crippen LogP contribution < -0.4 is 10.1 Å². The van der Waals surface area contributed by atoms with Crippen LogP contribution in [-0.4, -0.2) is 15.0 Å². The molecule has 138 valence electrons. The van der Waals surface area contributed by atoms with Crippen LogP contribution in [0.3, 0.4) is 0 Å². The first-order valence-corrected chi connectivity index (χ1v) is 8.41. The zero-order valence-electron chi connectivity index (χ0n) is 14.5. The van der Waals surface area contributed by atoms with Crippen molar-refractivity contribution >= 4 is 11.5 Å². The minimum absolute atomic E-state index is 0.142. The number of hydrogen-bond donors (Lipinski definition) is 1. The van der Waals surface area contributed by atoms with E-state index >= 15 is 0 Å². The van der Waals surface area contributed by atoms with Gasteiger partial charge in [-0.15, -0.1) is 0 Å². The van der Waals surface area contributed by atoms with E-state index in [1.54, 1.807) is 48.7 Å². The molecule has 0 bridgehead atoms. The number of nitrogens with one attached hydrogen (secondary N) is 1. The van der Waals surface area contributed by atoms with Crippen LogP contribution in [0.1, 0.15) is 0 Å². The van der Waals surface area contributed by atoms with Crippen molar-refractivity contribution in [2.45, 2.75) is 0 Å². The maximum Gasteiger partial charge on any atom is 0.227 e. The lowest BCUT2D eigenvalue weighted by atomic mass is 10.1. The number of benzene rings is 1. The highest BCUT2D eigenvalue weighted by Crippen LogP contribution is 2.32. The molecule has 7 heteroatoms. The number of halogens is 2. The zero-order valence-corrected chi connectivity index (χ0v) is 14.5. The first kappa shape index (κ1) is 17.5. The Hall–Kier alpha value is -3.87. The van der Waals surface area contributed by atoms with Crippen LogP contribution >= 0.6 is 0 Å². The fourth-order valence-corrected chi connectivity index (χ4v) is 2.59. The van der Waals surface area contributed by atoms with E-state index in [0.717, 1.165) is 0 Å². The minimum atomic E-state index is -0.579. The SMILES string of the molecule is Fc1cc(-c2cccnc2Oc2ccc(Nc3ncccc3F)cc2)ccn1. The number of ether oxygens (including phenoxy) is 1. The van der Waals surface area contributed by atoms with Gasteiger partial charge in [-0.3, -0.25) is 0 Å². The Morgan fingerprint density at radius 2 is 1.57 bits per heavy atom. The Morgan fingerprint density at radius 3 is 2.36 bits per heavy atom. The Kier molecular flexibility index (Phi) is 4.88. The normalized spacial score (nSPS) is 10.5. The molecule has 28 heavy (non-hydrogen) atoms. The van der Waals surface area contributed by atoms with Crippen molar-refractivity contribution in [2.75, 3.05) is 5.32 Å². The Morgan fingerprint density at radius 1 is 0.786 bits per heavy atom. The molecule has 0 saturated carbocycles. The molecule has 0 fully saturated rings. The molecule has 0 saturated heterocycles. The molecule has 0 aliphatic carbocycles. The molecule has 0 amide bonds. The third-order valence-corrected chi connectivity index (χ3v) is 3.90. The van der Waals surface area contributed by atoms with Gasteiger partial charge in [0.1, 0.15) is 5.75 Å². The quantitative estimate of drug-likeness (QED) is 0.476. The number of anilines is 2. The highest BCUT2D eigenvalue weighted by atomic mass is 19.1. The van der Waals surface area contributed by atoms with Gasteiger partial charge in [0, 0.05) is 35.9 Å². The summed E-state index contributed by atoms with van der Waals surface area (Å²) in [5.74, 6) is -0.0102. The summed E-state index contributed by atoms with van der Waals surface area (Å²) in [6, 6.07) is 16.3. The molecular weight excluding hydrogens is 362 g/mol. The van der Waals surface area contributed by atoms with Crippen LogP contribution in [0.15, 0.2) is 79.3 Å². The fourth-order valence-electron chi connectivity index (χ4n) is 2.59. The van der Waals surface area contributed by atoms with Crippen LogP contribution in [0, 0.1) is 11.8 Å². The van der Waals surface area contributed by atoms with Gasteiger partial charge in [-0.25, -0.2) is 19.3 Å². The highest BCUT2D eigenvalue weighted by molar-refractivity contribution is 5.68. The number of pyridine rings is 3. The van der Waals surface area contributed by atoms with Crippen LogP contribution in [0.4, 0.5) is 20.3 Å². The third-order valence-electron chi connectivity index (χ3n) is 3.90. The second kappa shape index (κ2) is 7.79. The van der Waals surface area contributed by atoms with E-state index in [-0.39, 0.29) is 5.82 Å². The van der Waals surface area contributed by atoms with Crippen LogP contribution in [-0.2, 0) is 0 Å². The van der Waals surface area contributed by atoms with Gasteiger partial charge in [-0.05, 0) is 60.2 Å². The van der Waals surface area contributed by atoms with Gasteiger partial charge in [-0.1, -0.05) is 0 Å². The molecule has 4 rings (SSSR count). The van der Waals surface area contributed by atoms with Crippen molar-refractivity contribution in [1.29, 1.82) is 0 Å². The van der Waals surface area contributed by atoms with Gasteiger partial charge >= 0.3 is 0 Å². The van der Waals surface area contributed by atoms with Gasteiger partial charge in [-0.2, -0.15) is 4.39 Å². The maximum absolute atomic E-state index is 13.7. The van der Waals surface area contributed by atoms with Crippen molar-refractivity contribution in [2.24, 2.45) is 0 Å². The molecule has 0 radical (unpaired) electrons. The largest absolute Gasteiger partial charge is 0.438 e. The van der Waals surface area contributed by atoms with E-state index in [1.807, 2.05) is 0 Å². The van der Waals surface area contributed by atoms with E-state index < -0.39 is 11.8 Å². The minimum Gasteiger partial charge on any atom is -0.438 e. The number of hydrogen-bond acceptors (Lipinski definition) is 5. The zero-order chi connectivity index (χ0) is 19.3. The number of aromatic nitrogens is 3. The van der Waals surface area contributed by atoms with Gasteiger partial charge in [0.15, 0.2) is 11.6 Å². The number of rotatable bonds is 5. The molecular formula is C21H14F2N4O. The molecule has 1 N–H and O–H groups in total. The van der Waals surface area contributed by atoms with E-state index in [1.165, 1.54) is 30.6 Å². The van der Waals surface area contributed by atoms with Crippen LogP contribution in [0.2, 0.25) is 0 Å². The molecule has 5 nitrogen and oxygen atoms in total. The first-order valence-electron chi connectivity index (χ1n) is 8.41. The molecule has 3 aromatic heterocycles. The Balaban J connectivity index is 1.55. The van der Waals surface area contributed by atoms with E-state index in [0.29, 0.717) is 28.4 Å². The van der Waals surface area contributed by atoms with Crippen molar-refractivity contribution in [3.63, 3.8) is 0 Å². The maximum atomic E-state index is 13.7. The molecule has 0 unspecified atom stereocenters. The van der Waals surface area contributed by atoms with Gasteiger partial charge in [0.2, 0.25) is 11.8 Å². The van der Waals surface area contributed by atoms with Crippen molar-refractivity contribution in [1.82, 2.24) is 15.0 Å². The molecule has 1 aromatic carbocycles. The second-order valence-electron chi connectivity index (χ2n) is 5.81. The summed E-state index contributed by atoms with van der Waals surface area (Å²) in [6.07, 6.45) is 4.49. The summed E-state index contributed by atoms with van der Waals surface area (Å²) in [7, 11) is 0. The summed E-state index contributed by atoms with van der Waals surface area (Å²) in [5.41, 5.74) is 1.91. The lowest BCUT2D eigenvalue weighted by molar-refractivity contribution is 0.465. The molecule has 3 heterocycles. The summed E-state index contributed by atoms with van der Waals surface area (Å²) in [6.45, 7) is 0. The topological polar surface area (TPSA) is 59.9 Å². The number of nitrogens with zero attached hydrogens (tertiary/aromatic N) is 3. The van der Waals surface area contributed by atoms with Gasteiger partial charge < -0.3 is 10.1 Å². The third kappa shape index (κ3) is 3.93. The smallest absolute Gasteiger partial charge is 0.227 e. The monoisotopic (exact) mass is 376 g/mol. The standard InChI is InChI=1S/C21H14F2N4O/c22-18-4-2-10-25-20(18)27-15-5-7-16(8-6-15)28-21-17(3-1-11-26-21)14-9-12-24-19(23)13-14/h1-13H,(H,25,27). The fraction of sp³-hybridized carbons (Fsp3) is 0. The summed E-state index contributed by atoms with van der Waals surface area (Å²) >= 11 is 0. The molecule has 0 spiro atoms. The van der Waals surface area contributed by atoms with Crippen molar-refractivity contribution in [3.05, 3.63) is 91.0 Å².